The fourth-order valence-electron chi connectivity index (χ4n) is 1.09. The molecule has 0 radical (unpaired) electrons. The number of carbonyl (C=O) groups is 1. The average molecular weight is 234 g/mol. The Labute approximate surface area is 91.0 Å². The molecule has 0 aromatic rings. The monoisotopic (exact) mass is 234 g/mol. The Morgan fingerprint density at radius 1 is 1.13 bits per heavy atom. The maximum atomic E-state index is 10.9. The van der Waals surface area contributed by atoms with Crippen molar-refractivity contribution >= 4 is 14.8 Å². The van der Waals surface area contributed by atoms with Gasteiger partial charge in [-0.05, 0) is 20.8 Å². The number of hydrogen-bond donors (Lipinski definition) is 1. The third-order valence-corrected chi connectivity index (χ3v) is 4.59. The number of aliphatic carboxylic acids is 1. The van der Waals surface area contributed by atoms with Gasteiger partial charge in [-0.3, -0.25) is 0 Å². The molecule has 0 bridgehead atoms. The van der Waals surface area contributed by atoms with E-state index >= 15 is 0 Å². The van der Waals surface area contributed by atoms with Gasteiger partial charge >= 0.3 is 14.8 Å². The summed E-state index contributed by atoms with van der Waals surface area (Å²) in [5.74, 6) is -1.14. The van der Waals surface area contributed by atoms with Crippen LogP contribution >= 0.6 is 0 Å². The highest BCUT2D eigenvalue weighted by Crippen LogP contribution is 2.19. The smallest absolute Gasteiger partial charge is 0.478 e. The van der Waals surface area contributed by atoms with Crippen molar-refractivity contribution in [3.63, 3.8) is 0 Å². The van der Waals surface area contributed by atoms with Crippen molar-refractivity contribution in [1.82, 2.24) is 0 Å². The molecule has 0 aliphatic rings. The van der Waals surface area contributed by atoms with Gasteiger partial charge in [0.25, 0.3) is 0 Å². The van der Waals surface area contributed by atoms with Gasteiger partial charge in [0, 0.05) is 19.8 Å². The molecule has 88 valence electrons. The minimum Gasteiger partial charge on any atom is -0.478 e. The maximum Gasteiger partial charge on any atom is 0.544 e. The largest absolute Gasteiger partial charge is 0.544 e. The van der Waals surface area contributed by atoms with Crippen LogP contribution in [0.5, 0.6) is 0 Å². The van der Waals surface area contributed by atoms with Crippen molar-refractivity contribution in [1.29, 1.82) is 0 Å². The van der Waals surface area contributed by atoms with Crippen LogP contribution < -0.4 is 0 Å². The van der Waals surface area contributed by atoms with E-state index in [0.717, 1.165) is 0 Å². The Balaban J connectivity index is 4.90. The SMILES string of the molecule is C=C(C(=O)O)[Si](OCC)(OCC)OCC. The molecule has 15 heavy (non-hydrogen) atoms. The second-order valence-corrected chi connectivity index (χ2v) is 5.22. The third kappa shape index (κ3) is 3.75. The van der Waals surface area contributed by atoms with E-state index in [1.165, 1.54) is 0 Å². The Hall–Kier alpha value is -0.693. The van der Waals surface area contributed by atoms with Crippen molar-refractivity contribution in [2.45, 2.75) is 20.8 Å². The molecule has 0 aromatic carbocycles. The quantitative estimate of drug-likeness (QED) is 0.505. The first-order valence-corrected chi connectivity index (χ1v) is 6.61. The van der Waals surface area contributed by atoms with E-state index in [4.69, 9.17) is 18.4 Å². The van der Waals surface area contributed by atoms with Crippen molar-refractivity contribution in [2.24, 2.45) is 0 Å². The minimum atomic E-state index is -3.26. The van der Waals surface area contributed by atoms with Crippen LogP contribution in [0.3, 0.4) is 0 Å². The lowest BCUT2D eigenvalue weighted by molar-refractivity contribution is -0.132. The molecule has 6 heteroatoms. The highest BCUT2D eigenvalue weighted by molar-refractivity contribution is 6.73. The molecule has 5 nitrogen and oxygen atoms in total. The van der Waals surface area contributed by atoms with Crippen LogP contribution in [-0.2, 0) is 18.1 Å². The lowest BCUT2D eigenvalue weighted by Crippen LogP contribution is -2.50. The van der Waals surface area contributed by atoms with Crippen LogP contribution in [0.2, 0.25) is 0 Å². The zero-order valence-electron chi connectivity index (χ0n) is 9.41. The third-order valence-electron chi connectivity index (χ3n) is 1.63. The fourth-order valence-corrected chi connectivity index (χ4v) is 3.26. The summed E-state index contributed by atoms with van der Waals surface area (Å²) in [6.45, 7) is 9.74. The van der Waals surface area contributed by atoms with E-state index < -0.39 is 14.8 Å². The van der Waals surface area contributed by atoms with Gasteiger partial charge in [0.1, 0.15) is 5.20 Å². The summed E-state index contributed by atoms with van der Waals surface area (Å²) >= 11 is 0. The second-order valence-electron chi connectivity index (χ2n) is 2.64. The Bertz CT molecular complexity index is 212. The lowest BCUT2D eigenvalue weighted by atomic mass is 10.7. The van der Waals surface area contributed by atoms with Crippen molar-refractivity contribution in [2.75, 3.05) is 19.8 Å². The van der Waals surface area contributed by atoms with Crippen molar-refractivity contribution in [3.8, 4) is 0 Å². The molecule has 0 heterocycles. The summed E-state index contributed by atoms with van der Waals surface area (Å²) in [6.07, 6.45) is 0. The van der Waals surface area contributed by atoms with Crippen LogP contribution in [-0.4, -0.2) is 39.7 Å². The Morgan fingerprint density at radius 2 is 1.47 bits per heavy atom. The summed E-state index contributed by atoms with van der Waals surface area (Å²) in [7, 11) is -3.26. The van der Waals surface area contributed by atoms with Crippen LogP contribution in [0.25, 0.3) is 0 Å². The summed E-state index contributed by atoms with van der Waals surface area (Å²) in [5.41, 5.74) is 0. The van der Waals surface area contributed by atoms with Crippen molar-refractivity contribution in [3.05, 3.63) is 11.8 Å². The van der Waals surface area contributed by atoms with E-state index in [-0.39, 0.29) is 5.20 Å². The molecule has 0 aromatic heterocycles. The van der Waals surface area contributed by atoms with Crippen LogP contribution in [0.1, 0.15) is 20.8 Å². The molecule has 0 atom stereocenters. The normalized spacial score (nSPS) is 11.4. The molecule has 1 N–H and O–H groups in total. The van der Waals surface area contributed by atoms with Gasteiger partial charge in [-0.1, -0.05) is 6.58 Å². The van der Waals surface area contributed by atoms with Gasteiger partial charge in [-0.15, -0.1) is 0 Å². The van der Waals surface area contributed by atoms with Gasteiger partial charge in [0.15, 0.2) is 0 Å². The van der Waals surface area contributed by atoms with Gasteiger partial charge in [-0.25, -0.2) is 4.79 Å². The maximum absolute atomic E-state index is 10.9. The minimum absolute atomic E-state index is 0.118. The molecule has 0 aliphatic carbocycles. The van der Waals surface area contributed by atoms with Crippen molar-refractivity contribution < 1.29 is 23.2 Å². The van der Waals surface area contributed by atoms with Crippen LogP contribution in [0.4, 0.5) is 0 Å². The van der Waals surface area contributed by atoms with Gasteiger partial charge in [0.2, 0.25) is 0 Å². The van der Waals surface area contributed by atoms with Crippen LogP contribution in [0.15, 0.2) is 11.8 Å². The molecule has 0 amide bonds. The summed E-state index contributed by atoms with van der Waals surface area (Å²) < 4.78 is 16.0. The molecular formula is C9H18O5Si. The summed E-state index contributed by atoms with van der Waals surface area (Å²) in [6, 6.07) is 0. The predicted octanol–water partition coefficient (Wildman–Crippen LogP) is 1.21. The second kappa shape index (κ2) is 6.73. The zero-order chi connectivity index (χ0) is 11.9. The standard InChI is InChI=1S/C9H18O5Si/c1-5-12-15(13-6-2,14-7-3)8(4)9(10)11/h4-7H2,1-3H3,(H,10,11). The van der Waals surface area contributed by atoms with Crippen LogP contribution in [0, 0.1) is 0 Å². The van der Waals surface area contributed by atoms with E-state index in [2.05, 4.69) is 6.58 Å². The molecule has 0 saturated heterocycles. The van der Waals surface area contributed by atoms with Gasteiger partial charge < -0.3 is 18.4 Å². The average Bonchev–Trinajstić information content (AvgIpc) is 2.17. The van der Waals surface area contributed by atoms with E-state index in [1.807, 2.05) is 0 Å². The number of rotatable bonds is 8. The highest BCUT2D eigenvalue weighted by atomic mass is 28.4. The lowest BCUT2D eigenvalue weighted by Gasteiger charge is -2.27. The first-order valence-electron chi connectivity index (χ1n) is 4.88. The van der Waals surface area contributed by atoms with E-state index in [1.54, 1.807) is 20.8 Å². The number of carboxylic acid groups (broad SMARTS) is 1. The molecular weight excluding hydrogens is 216 g/mol. The zero-order valence-corrected chi connectivity index (χ0v) is 10.4. The first-order chi connectivity index (χ1) is 7.04. The van der Waals surface area contributed by atoms with E-state index in [0.29, 0.717) is 19.8 Å². The molecule has 0 saturated carbocycles. The molecule has 0 fully saturated rings. The topological polar surface area (TPSA) is 65.0 Å². The fraction of sp³-hybridized carbons (Fsp3) is 0.667. The van der Waals surface area contributed by atoms with E-state index in [9.17, 15) is 4.79 Å². The molecule has 0 rings (SSSR count). The molecule has 0 unspecified atom stereocenters. The molecule has 0 spiro atoms. The van der Waals surface area contributed by atoms with Gasteiger partial charge in [-0.2, -0.15) is 0 Å². The Kier molecular flexibility index (Phi) is 6.42. The summed E-state index contributed by atoms with van der Waals surface area (Å²) in [4.78, 5) is 10.9. The highest BCUT2D eigenvalue weighted by Gasteiger charge is 2.47. The number of hydrogen-bond acceptors (Lipinski definition) is 4. The number of carboxylic acids is 1. The summed E-state index contributed by atoms with van der Waals surface area (Å²) in [5, 5.41) is 8.78. The molecule has 0 aliphatic heterocycles. The Morgan fingerprint density at radius 3 is 1.67 bits per heavy atom. The first kappa shape index (κ1) is 14.3. The van der Waals surface area contributed by atoms with Gasteiger partial charge in [0.05, 0.1) is 0 Å². The predicted molar refractivity (Wildman–Crippen MR) is 57.4 cm³/mol.